The average Bonchev–Trinajstić information content (AvgIpc) is 2.69. The van der Waals surface area contributed by atoms with E-state index in [4.69, 9.17) is 4.74 Å². The molecule has 0 fully saturated rings. The van der Waals surface area contributed by atoms with Gasteiger partial charge in [-0.05, 0) is 49.2 Å². The number of aliphatic imine (C=N–C) groups is 1. The lowest BCUT2D eigenvalue weighted by Gasteiger charge is -2.16. The van der Waals surface area contributed by atoms with Crippen molar-refractivity contribution in [3.63, 3.8) is 0 Å². The highest BCUT2D eigenvalue weighted by atomic mass is 19.4. The van der Waals surface area contributed by atoms with Crippen molar-refractivity contribution in [2.75, 3.05) is 13.6 Å². The first-order chi connectivity index (χ1) is 14.3. The van der Waals surface area contributed by atoms with Crippen molar-refractivity contribution in [2.45, 2.75) is 32.8 Å². The maximum absolute atomic E-state index is 13.5. The molecule has 0 aromatic heterocycles. The van der Waals surface area contributed by atoms with E-state index in [0.717, 1.165) is 30.3 Å². The zero-order valence-corrected chi connectivity index (χ0v) is 16.9. The molecule has 31 heavy (non-hydrogen) atoms. The van der Waals surface area contributed by atoms with Crippen LogP contribution in [0.3, 0.4) is 0 Å². The molecule has 0 unspecified atom stereocenters. The van der Waals surface area contributed by atoms with E-state index in [-0.39, 0.29) is 11.3 Å². The van der Waals surface area contributed by atoms with Gasteiger partial charge in [-0.25, -0.2) is 9.79 Å². The number of esters is 1. The van der Waals surface area contributed by atoms with E-state index in [1.165, 1.54) is 19.3 Å². The predicted molar refractivity (Wildman–Crippen MR) is 103 cm³/mol. The van der Waals surface area contributed by atoms with Crippen LogP contribution in [0, 0.1) is 6.92 Å². The topological polar surface area (TPSA) is 41.9 Å². The van der Waals surface area contributed by atoms with Crippen LogP contribution < -0.4 is 0 Å². The number of carbonyl (C=O) groups excluding carboxylic acids is 1. The Hall–Kier alpha value is -3.04. The van der Waals surface area contributed by atoms with Gasteiger partial charge in [0.05, 0.1) is 28.7 Å². The van der Waals surface area contributed by atoms with Crippen molar-refractivity contribution >= 4 is 18.0 Å². The normalized spacial score (nSPS) is 12.3. The van der Waals surface area contributed by atoms with Gasteiger partial charge in [-0.2, -0.15) is 26.3 Å². The van der Waals surface area contributed by atoms with Gasteiger partial charge in [0.2, 0.25) is 0 Å². The molecular weight excluding hydrogens is 426 g/mol. The van der Waals surface area contributed by atoms with Crippen molar-refractivity contribution in [3.05, 3.63) is 64.2 Å². The molecule has 0 bridgehead atoms. The van der Waals surface area contributed by atoms with Gasteiger partial charge in [0, 0.05) is 13.6 Å². The first-order valence-electron chi connectivity index (χ1n) is 9.12. The van der Waals surface area contributed by atoms with E-state index >= 15 is 0 Å². The van der Waals surface area contributed by atoms with Crippen molar-refractivity contribution < 1.29 is 35.9 Å². The molecule has 0 saturated carbocycles. The Balaban J connectivity index is 2.31. The summed E-state index contributed by atoms with van der Waals surface area (Å²) in [6, 6.07) is 5.76. The van der Waals surface area contributed by atoms with Crippen LogP contribution in [0.2, 0.25) is 0 Å². The number of hydrogen-bond donors (Lipinski definition) is 0. The summed E-state index contributed by atoms with van der Waals surface area (Å²) in [5, 5.41) is 0. The number of nitrogens with zero attached hydrogens (tertiary/aromatic N) is 2. The van der Waals surface area contributed by atoms with Crippen molar-refractivity contribution in [1.82, 2.24) is 4.90 Å². The molecule has 0 amide bonds. The molecule has 0 radical (unpaired) electrons. The molecule has 4 nitrogen and oxygen atoms in total. The van der Waals surface area contributed by atoms with Gasteiger partial charge in [-0.15, -0.1) is 0 Å². The molecule has 10 heteroatoms. The molecule has 0 N–H and O–H groups in total. The summed E-state index contributed by atoms with van der Waals surface area (Å²) < 4.78 is 83.8. The summed E-state index contributed by atoms with van der Waals surface area (Å²) in [6.45, 7) is 3.31. The molecule has 0 atom stereocenters. The second-order valence-electron chi connectivity index (χ2n) is 6.77. The SMILES string of the molecule is CCN(C)C=Nc1cc(C(F)(F)F)c(C(=O)OCc2cccc(C(F)(F)F)c2)cc1C. The maximum Gasteiger partial charge on any atom is 0.417 e. The van der Waals surface area contributed by atoms with E-state index in [1.54, 1.807) is 11.9 Å². The molecule has 2 aromatic carbocycles. The fraction of sp³-hybridized carbons (Fsp3) is 0.333. The maximum atomic E-state index is 13.5. The summed E-state index contributed by atoms with van der Waals surface area (Å²) in [6.07, 6.45) is -8.09. The first-order valence-corrected chi connectivity index (χ1v) is 9.12. The van der Waals surface area contributed by atoms with Crippen LogP contribution in [0.15, 0.2) is 41.4 Å². The highest BCUT2D eigenvalue weighted by Crippen LogP contribution is 2.36. The molecule has 0 aliphatic rings. The number of halogens is 6. The molecular formula is C21H20F6N2O2. The van der Waals surface area contributed by atoms with Crippen molar-refractivity contribution in [2.24, 2.45) is 4.99 Å². The highest BCUT2D eigenvalue weighted by molar-refractivity contribution is 5.92. The van der Waals surface area contributed by atoms with Crippen LogP contribution in [-0.4, -0.2) is 30.8 Å². The van der Waals surface area contributed by atoms with Crippen LogP contribution in [0.1, 0.15) is 39.5 Å². The second kappa shape index (κ2) is 9.40. The number of rotatable bonds is 6. The zero-order valence-electron chi connectivity index (χ0n) is 16.9. The van der Waals surface area contributed by atoms with Gasteiger partial charge in [-0.3, -0.25) is 0 Å². The van der Waals surface area contributed by atoms with E-state index < -0.39 is 41.6 Å². The van der Waals surface area contributed by atoms with Gasteiger partial charge >= 0.3 is 18.3 Å². The predicted octanol–water partition coefficient (Wildman–Crippen LogP) is 6.00. The van der Waals surface area contributed by atoms with Crippen molar-refractivity contribution in [3.8, 4) is 0 Å². The molecule has 2 rings (SSSR count). The third-order valence-electron chi connectivity index (χ3n) is 4.38. The van der Waals surface area contributed by atoms with Gasteiger partial charge in [0.1, 0.15) is 6.61 Å². The summed E-state index contributed by atoms with van der Waals surface area (Å²) in [4.78, 5) is 18.0. The smallest absolute Gasteiger partial charge is 0.417 e. The van der Waals surface area contributed by atoms with Gasteiger partial charge in [0.25, 0.3) is 0 Å². The van der Waals surface area contributed by atoms with Gasteiger partial charge in [0.15, 0.2) is 0 Å². The van der Waals surface area contributed by atoms with Crippen LogP contribution in [0.5, 0.6) is 0 Å². The molecule has 0 saturated heterocycles. The lowest BCUT2D eigenvalue weighted by atomic mass is 10.0. The number of benzene rings is 2. The second-order valence-corrected chi connectivity index (χ2v) is 6.77. The molecule has 0 heterocycles. The summed E-state index contributed by atoms with van der Waals surface area (Å²) in [5.74, 6) is -1.30. The van der Waals surface area contributed by atoms with Crippen LogP contribution in [-0.2, 0) is 23.7 Å². The summed E-state index contributed by atoms with van der Waals surface area (Å²) >= 11 is 0. The fourth-order valence-corrected chi connectivity index (χ4v) is 2.55. The van der Waals surface area contributed by atoms with E-state index in [9.17, 15) is 31.1 Å². The Morgan fingerprint density at radius 1 is 1.10 bits per heavy atom. The summed E-state index contributed by atoms with van der Waals surface area (Å²) in [5.41, 5.74) is -2.59. The number of alkyl halides is 6. The Labute approximate surface area is 175 Å². The number of ether oxygens (including phenoxy) is 1. The number of hydrogen-bond acceptors (Lipinski definition) is 3. The monoisotopic (exact) mass is 446 g/mol. The van der Waals surface area contributed by atoms with Crippen LogP contribution in [0.25, 0.3) is 0 Å². The third kappa shape index (κ3) is 6.47. The van der Waals surface area contributed by atoms with Crippen molar-refractivity contribution in [1.29, 1.82) is 0 Å². The zero-order chi connectivity index (χ0) is 23.4. The van der Waals surface area contributed by atoms with Gasteiger partial charge < -0.3 is 9.64 Å². The summed E-state index contributed by atoms with van der Waals surface area (Å²) in [7, 11) is 1.70. The first kappa shape index (κ1) is 24.2. The third-order valence-corrected chi connectivity index (χ3v) is 4.38. The largest absolute Gasteiger partial charge is 0.457 e. The lowest BCUT2D eigenvalue weighted by molar-refractivity contribution is -0.138. The average molecular weight is 446 g/mol. The quantitative estimate of drug-likeness (QED) is 0.237. The van der Waals surface area contributed by atoms with E-state index in [1.807, 2.05) is 6.92 Å². The Kier molecular flexibility index (Phi) is 7.35. The lowest BCUT2D eigenvalue weighted by Crippen LogP contribution is -2.16. The molecule has 0 spiro atoms. The van der Waals surface area contributed by atoms with Crippen LogP contribution >= 0.6 is 0 Å². The van der Waals surface area contributed by atoms with Crippen LogP contribution in [0.4, 0.5) is 32.0 Å². The van der Waals surface area contributed by atoms with E-state index in [2.05, 4.69) is 4.99 Å². The van der Waals surface area contributed by atoms with Gasteiger partial charge in [-0.1, -0.05) is 12.1 Å². The Bertz CT molecular complexity index is 967. The minimum Gasteiger partial charge on any atom is -0.457 e. The highest BCUT2D eigenvalue weighted by Gasteiger charge is 2.37. The fourth-order valence-electron chi connectivity index (χ4n) is 2.55. The van der Waals surface area contributed by atoms with E-state index in [0.29, 0.717) is 12.1 Å². The Morgan fingerprint density at radius 2 is 1.77 bits per heavy atom. The molecule has 168 valence electrons. The molecule has 0 aliphatic carbocycles. The number of aryl methyl sites for hydroxylation is 1. The minimum atomic E-state index is -4.86. The minimum absolute atomic E-state index is 0.00252. The standard InChI is InChI=1S/C21H20F6N2O2/c1-4-29(3)12-28-18-10-17(21(25,26)27)16(8-13(18)2)19(30)31-11-14-6-5-7-15(9-14)20(22,23)24/h5-10,12H,4,11H2,1-3H3. The molecule has 2 aromatic rings. The molecule has 0 aliphatic heterocycles. The Morgan fingerprint density at radius 3 is 2.35 bits per heavy atom. The number of carbonyl (C=O) groups is 1.